The topological polar surface area (TPSA) is 128 Å². The second-order valence-corrected chi connectivity index (χ2v) is 8.03. The summed E-state index contributed by atoms with van der Waals surface area (Å²) in [5.74, 6) is 0.0837. The summed E-state index contributed by atoms with van der Waals surface area (Å²) in [7, 11) is 0. The highest BCUT2D eigenvalue weighted by Crippen LogP contribution is 2.29. The van der Waals surface area contributed by atoms with Gasteiger partial charge in [0.05, 0.1) is 12.2 Å². The average molecular weight is 468 g/mol. The van der Waals surface area contributed by atoms with E-state index in [0.29, 0.717) is 10.7 Å². The molecule has 4 rings (SSSR count). The van der Waals surface area contributed by atoms with Crippen molar-refractivity contribution in [2.24, 2.45) is 10.7 Å². The Morgan fingerprint density at radius 3 is 2.55 bits per heavy atom. The molecule has 0 radical (unpaired) electrons. The first-order chi connectivity index (χ1) is 15.8. The SMILES string of the molecule is CCc1oc2ccc(/N=c3\[nH]c(=O)n(CC(N)=O)c(=O)n3Cc3ccc(Cl)cc3)cc2c1C. The molecule has 0 fully saturated rings. The van der Waals surface area contributed by atoms with Crippen molar-refractivity contribution in [3.8, 4) is 0 Å². The van der Waals surface area contributed by atoms with Gasteiger partial charge in [0.1, 0.15) is 17.9 Å². The first-order valence-electron chi connectivity index (χ1n) is 10.3. The van der Waals surface area contributed by atoms with Crippen LogP contribution in [-0.4, -0.2) is 20.0 Å². The van der Waals surface area contributed by atoms with Gasteiger partial charge in [-0.2, -0.15) is 0 Å². The van der Waals surface area contributed by atoms with Crippen molar-refractivity contribution in [2.75, 3.05) is 0 Å². The number of aryl methyl sites for hydroxylation is 2. The number of hydrogen-bond acceptors (Lipinski definition) is 5. The van der Waals surface area contributed by atoms with E-state index in [1.165, 1.54) is 4.57 Å². The second-order valence-electron chi connectivity index (χ2n) is 7.60. The minimum atomic E-state index is -0.807. The number of aromatic nitrogens is 3. The van der Waals surface area contributed by atoms with E-state index in [9.17, 15) is 14.4 Å². The van der Waals surface area contributed by atoms with Gasteiger partial charge in [-0.05, 0) is 48.4 Å². The molecule has 2 heterocycles. The van der Waals surface area contributed by atoms with Crippen molar-refractivity contribution in [1.29, 1.82) is 0 Å². The van der Waals surface area contributed by atoms with E-state index in [-0.39, 0.29) is 12.2 Å². The lowest BCUT2D eigenvalue weighted by molar-refractivity contribution is -0.118. The molecule has 2 aromatic heterocycles. The number of nitrogens with one attached hydrogen (secondary N) is 1. The van der Waals surface area contributed by atoms with E-state index in [0.717, 1.165) is 38.8 Å². The number of furan rings is 1. The van der Waals surface area contributed by atoms with Crippen LogP contribution in [0.25, 0.3) is 11.0 Å². The third kappa shape index (κ3) is 4.54. The zero-order valence-corrected chi connectivity index (χ0v) is 18.8. The molecule has 0 aliphatic heterocycles. The van der Waals surface area contributed by atoms with Gasteiger partial charge in [0, 0.05) is 16.8 Å². The van der Waals surface area contributed by atoms with Gasteiger partial charge in [-0.1, -0.05) is 30.7 Å². The highest BCUT2D eigenvalue weighted by atomic mass is 35.5. The van der Waals surface area contributed by atoms with Gasteiger partial charge in [0.2, 0.25) is 11.5 Å². The number of rotatable bonds is 6. The molecule has 0 aliphatic carbocycles. The largest absolute Gasteiger partial charge is 0.461 e. The lowest BCUT2D eigenvalue weighted by atomic mass is 10.1. The molecule has 170 valence electrons. The van der Waals surface area contributed by atoms with Crippen LogP contribution in [0.2, 0.25) is 5.02 Å². The van der Waals surface area contributed by atoms with Crippen LogP contribution in [0.5, 0.6) is 0 Å². The fourth-order valence-electron chi connectivity index (χ4n) is 3.64. The predicted molar refractivity (Wildman–Crippen MR) is 125 cm³/mol. The highest BCUT2D eigenvalue weighted by molar-refractivity contribution is 6.30. The third-order valence-corrected chi connectivity index (χ3v) is 5.58. The summed E-state index contributed by atoms with van der Waals surface area (Å²) in [6.45, 7) is 3.54. The molecule has 33 heavy (non-hydrogen) atoms. The number of primary amides is 1. The number of H-pyrrole nitrogens is 1. The lowest BCUT2D eigenvalue weighted by Crippen LogP contribution is -2.51. The molecular formula is C23H22ClN5O4. The van der Waals surface area contributed by atoms with Crippen molar-refractivity contribution in [3.63, 3.8) is 0 Å². The highest BCUT2D eigenvalue weighted by Gasteiger charge is 2.13. The van der Waals surface area contributed by atoms with E-state index in [1.54, 1.807) is 36.4 Å². The molecule has 10 heteroatoms. The van der Waals surface area contributed by atoms with Crippen molar-refractivity contribution >= 4 is 34.2 Å². The Kier molecular flexibility index (Phi) is 6.06. The molecule has 0 spiro atoms. The Bertz CT molecular complexity index is 1540. The molecule has 0 aliphatic rings. The predicted octanol–water partition coefficient (Wildman–Crippen LogP) is 2.37. The molecule has 0 bridgehead atoms. The summed E-state index contributed by atoms with van der Waals surface area (Å²) in [6.07, 6.45) is 0.763. The molecule has 4 aromatic rings. The number of amides is 1. The average Bonchev–Trinajstić information content (AvgIpc) is 3.10. The van der Waals surface area contributed by atoms with Crippen molar-refractivity contribution in [2.45, 2.75) is 33.4 Å². The molecule has 0 saturated carbocycles. The molecule has 0 saturated heterocycles. The third-order valence-electron chi connectivity index (χ3n) is 5.32. The number of fused-ring (bicyclic) bond motifs is 1. The number of aromatic amines is 1. The maximum atomic E-state index is 13.1. The molecular weight excluding hydrogens is 446 g/mol. The van der Waals surface area contributed by atoms with Gasteiger partial charge in [-0.15, -0.1) is 0 Å². The van der Waals surface area contributed by atoms with Gasteiger partial charge in [0.15, 0.2) is 0 Å². The number of nitrogens with two attached hydrogens (primary N) is 1. The number of nitrogens with zero attached hydrogens (tertiary/aromatic N) is 3. The van der Waals surface area contributed by atoms with E-state index >= 15 is 0 Å². The Morgan fingerprint density at radius 1 is 1.15 bits per heavy atom. The Balaban J connectivity index is 1.91. The normalized spacial score (nSPS) is 11.9. The van der Waals surface area contributed by atoms with Gasteiger partial charge in [0.25, 0.3) is 0 Å². The van der Waals surface area contributed by atoms with Gasteiger partial charge < -0.3 is 10.2 Å². The van der Waals surface area contributed by atoms with E-state index in [4.69, 9.17) is 21.8 Å². The molecule has 2 aromatic carbocycles. The summed E-state index contributed by atoms with van der Waals surface area (Å²) in [4.78, 5) is 44.2. The smallest absolute Gasteiger partial charge is 0.335 e. The molecule has 1 amide bonds. The Hall–Kier alpha value is -3.85. The molecule has 9 nitrogen and oxygen atoms in total. The van der Waals surface area contributed by atoms with Crippen LogP contribution in [-0.2, 0) is 24.3 Å². The van der Waals surface area contributed by atoms with Crippen LogP contribution in [0.15, 0.2) is 61.5 Å². The van der Waals surface area contributed by atoms with Gasteiger partial charge >= 0.3 is 11.4 Å². The first kappa shape index (κ1) is 22.3. The maximum Gasteiger partial charge on any atom is 0.335 e. The number of carbonyl (C=O) groups excluding carboxylic acids is 1. The van der Waals surface area contributed by atoms with Crippen LogP contribution >= 0.6 is 11.6 Å². The molecule has 3 N–H and O–H groups in total. The van der Waals surface area contributed by atoms with Crippen LogP contribution in [0.1, 0.15) is 23.8 Å². The van der Waals surface area contributed by atoms with Crippen LogP contribution in [0.3, 0.4) is 0 Å². The Morgan fingerprint density at radius 2 is 1.88 bits per heavy atom. The van der Waals surface area contributed by atoms with E-state index in [1.807, 2.05) is 19.9 Å². The van der Waals surface area contributed by atoms with Gasteiger partial charge in [-0.25, -0.2) is 19.1 Å². The number of benzene rings is 2. The summed E-state index contributed by atoms with van der Waals surface area (Å²) >= 11 is 5.96. The minimum Gasteiger partial charge on any atom is -0.461 e. The first-order valence-corrected chi connectivity index (χ1v) is 10.7. The summed E-state index contributed by atoms with van der Waals surface area (Å²) < 4.78 is 7.86. The van der Waals surface area contributed by atoms with Gasteiger partial charge in [-0.3, -0.25) is 14.3 Å². The fraction of sp³-hybridized carbons (Fsp3) is 0.217. The second kappa shape index (κ2) is 8.95. The number of carbonyl (C=O) groups is 1. The quantitative estimate of drug-likeness (QED) is 0.451. The monoisotopic (exact) mass is 467 g/mol. The minimum absolute atomic E-state index is 0.0388. The van der Waals surface area contributed by atoms with Crippen molar-refractivity contribution in [1.82, 2.24) is 14.1 Å². The Labute approximate surface area is 192 Å². The maximum absolute atomic E-state index is 13.1. The zero-order chi connectivity index (χ0) is 23.7. The number of halogens is 1. The number of hydrogen-bond donors (Lipinski definition) is 2. The van der Waals surface area contributed by atoms with Crippen molar-refractivity contribution in [3.05, 3.63) is 91.0 Å². The zero-order valence-electron chi connectivity index (χ0n) is 18.1. The van der Waals surface area contributed by atoms with Crippen LogP contribution < -0.4 is 22.7 Å². The molecule has 0 atom stereocenters. The van der Waals surface area contributed by atoms with Crippen LogP contribution in [0, 0.1) is 6.92 Å². The van der Waals surface area contributed by atoms with E-state index < -0.39 is 23.8 Å². The van der Waals surface area contributed by atoms with E-state index in [2.05, 4.69) is 9.98 Å². The molecule has 0 unspecified atom stereocenters. The lowest BCUT2D eigenvalue weighted by Gasteiger charge is -2.10. The standard InChI is InChI=1S/C23H22ClN5O4/c1-3-18-13(2)17-10-16(8-9-19(17)33-18)26-21-27-22(31)29(12-20(25)30)23(32)28(21)11-14-4-6-15(24)7-5-14/h4-10H,3,11-12H2,1-2H3,(H2,25,30)(H,26,27,31). The summed E-state index contributed by atoms with van der Waals surface area (Å²) in [6, 6.07) is 12.3. The summed E-state index contributed by atoms with van der Waals surface area (Å²) in [5.41, 5.74) is 6.81. The fourth-order valence-corrected chi connectivity index (χ4v) is 3.77. The van der Waals surface area contributed by atoms with Crippen LogP contribution in [0.4, 0.5) is 5.69 Å². The summed E-state index contributed by atoms with van der Waals surface area (Å²) in [5, 5.41) is 1.46. The van der Waals surface area contributed by atoms with Crippen molar-refractivity contribution < 1.29 is 9.21 Å².